The van der Waals surface area contributed by atoms with E-state index in [-0.39, 0.29) is 17.9 Å². The fraction of sp³-hybridized carbons (Fsp3) is 0.250. The molecule has 0 radical (unpaired) electrons. The summed E-state index contributed by atoms with van der Waals surface area (Å²) in [7, 11) is 0. The van der Waals surface area contributed by atoms with Crippen LogP contribution in [-0.4, -0.2) is 21.0 Å². The zero-order valence-electron chi connectivity index (χ0n) is 15.7. The van der Waals surface area contributed by atoms with Gasteiger partial charge in [-0.1, -0.05) is 36.7 Å². The summed E-state index contributed by atoms with van der Waals surface area (Å²) in [6.45, 7) is 2.12. The van der Waals surface area contributed by atoms with Gasteiger partial charge in [-0.3, -0.25) is 9.36 Å². The standard InChI is InChI=1S/C20H21ClN4O2S/c1-3-14-6-4-5-7-17(14)22-20-24-23-18(19(26)25(20)13-28-2)12-27-16-10-8-15(21)9-11-16/h4-11H,3,12-13H2,1-2H3,(H,22,24). The minimum absolute atomic E-state index is 0.0354. The monoisotopic (exact) mass is 416 g/mol. The fourth-order valence-corrected chi connectivity index (χ4v) is 3.27. The van der Waals surface area contributed by atoms with Crippen LogP contribution in [0.5, 0.6) is 5.75 Å². The highest BCUT2D eigenvalue weighted by Gasteiger charge is 2.14. The first-order valence-corrected chi connectivity index (χ1v) is 10.6. The Morgan fingerprint density at radius 1 is 1.14 bits per heavy atom. The van der Waals surface area contributed by atoms with Gasteiger partial charge in [0.1, 0.15) is 12.4 Å². The summed E-state index contributed by atoms with van der Waals surface area (Å²) in [4.78, 5) is 12.9. The molecule has 146 valence electrons. The van der Waals surface area contributed by atoms with Crippen molar-refractivity contribution in [3.63, 3.8) is 0 Å². The number of aromatic nitrogens is 3. The van der Waals surface area contributed by atoms with Gasteiger partial charge in [-0.15, -0.1) is 22.0 Å². The molecule has 1 heterocycles. The molecule has 0 bridgehead atoms. The molecule has 0 aliphatic carbocycles. The van der Waals surface area contributed by atoms with E-state index < -0.39 is 0 Å². The molecule has 0 amide bonds. The predicted molar refractivity (Wildman–Crippen MR) is 115 cm³/mol. The molecule has 28 heavy (non-hydrogen) atoms. The number of benzene rings is 2. The lowest BCUT2D eigenvalue weighted by Gasteiger charge is -2.15. The molecule has 2 aromatic carbocycles. The van der Waals surface area contributed by atoms with Crippen LogP contribution in [0.3, 0.4) is 0 Å². The van der Waals surface area contributed by atoms with Crippen molar-refractivity contribution in [3.05, 3.63) is 75.2 Å². The van der Waals surface area contributed by atoms with Crippen LogP contribution in [0, 0.1) is 0 Å². The van der Waals surface area contributed by atoms with Crippen LogP contribution in [0.15, 0.2) is 53.3 Å². The Kier molecular flexibility index (Phi) is 6.95. The Morgan fingerprint density at radius 2 is 1.89 bits per heavy atom. The molecule has 1 N–H and O–H groups in total. The third kappa shape index (κ3) is 4.85. The van der Waals surface area contributed by atoms with Crippen LogP contribution in [0.2, 0.25) is 5.02 Å². The summed E-state index contributed by atoms with van der Waals surface area (Å²) >= 11 is 7.40. The van der Waals surface area contributed by atoms with Gasteiger partial charge in [-0.05, 0) is 48.6 Å². The molecule has 6 nitrogen and oxygen atoms in total. The Labute approximate surface area is 172 Å². The van der Waals surface area contributed by atoms with E-state index in [4.69, 9.17) is 16.3 Å². The van der Waals surface area contributed by atoms with Crippen LogP contribution in [0.4, 0.5) is 11.6 Å². The number of thioether (sulfide) groups is 1. The van der Waals surface area contributed by atoms with E-state index in [1.807, 2.05) is 30.5 Å². The van der Waals surface area contributed by atoms with E-state index in [1.165, 1.54) is 11.8 Å². The van der Waals surface area contributed by atoms with Gasteiger partial charge in [0.05, 0.1) is 5.88 Å². The second-order valence-electron chi connectivity index (χ2n) is 6.00. The molecule has 0 aliphatic heterocycles. The fourth-order valence-electron chi connectivity index (χ4n) is 2.64. The van der Waals surface area contributed by atoms with Gasteiger partial charge in [-0.25, -0.2) is 0 Å². The van der Waals surface area contributed by atoms with E-state index in [9.17, 15) is 4.79 Å². The SMILES string of the molecule is CCc1ccccc1Nc1nnc(COc2ccc(Cl)cc2)c(=O)n1CSC. The lowest BCUT2D eigenvalue weighted by atomic mass is 10.1. The largest absolute Gasteiger partial charge is 0.487 e. The molecule has 0 unspecified atom stereocenters. The topological polar surface area (TPSA) is 69.0 Å². The Hall–Kier alpha value is -2.51. The molecule has 0 aliphatic rings. The first kappa shape index (κ1) is 20.2. The van der Waals surface area contributed by atoms with Gasteiger partial charge in [0.2, 0.25) is 5.95 Å². The first-order chi connectivity index (χ1) is 13.6. The molecule has 8 heteroatoms. The minimum Gasteiger partial charge on any atom is -0.487 e. The molecule has 0 atom stereocenters. The van der Waals surface area contributed by atoms with Crippen LogP contribution in [0.25, 0.3) is 0 Å². The third-order valence-electron chi connectivity index (χ3n) is 4.11. The summed E-state index contributed by atoms with van der Waals surface area (Å²) in [5, 5.41) is 12.2. The van der Waals surface area contributed by atoms with Crippen molar-refractivity contribution in [2.45, 2.75) is 25.8 Å². The van der Waals surface area contributed by atoms with E-state index in [2.05, 4.69) is 22.4 Å². The maximum atomic E-state index is 12.9. The molecule has 3 aromatic rings. The molecule has 0 fully saturated rings. The zero-order valence-corrected chi connectivity index (χ0v) is 17.3. The highest BCUT2D eigenvalue weighted by Crippen LogP contribution is 2.20. The van der Waals surface area contributed by atoms with Crippen molar-refractivity contribution in [2.75, 3.05) is 11.6 Å². The number of anilines is 2. The summed E-state index contributed by atoms with van der Waals surface area (Å²) in [5.41, 5.74) is 2.08. The molecule has 0 spiro atoms. The zero-order chi connectivity index (χ0) is 19.9. The summed E-state index contributed by atoms with van der Waals surface area (Å²) in [6, 6.07) is 14.9. The Balaban J connectivity index is 1.85. The molecule has 1 aromatic heterocycles. The highest BCUT2D eigenvalue weighted by atomic mass is 35.5. The second-order valence-corrected chi connectivity index (χ2v) is 7.27. The third-order valence-corrected chi connectivity index (χ3v) is 4.87. The molecular formula is C20H21ClN4O2S. The number of hydrogen-bond acceptors (Lipinski definition) is 6. The van der Waals surface area contributed by atoms with E-state index in [1.54, 1.807) is 28.8 Å². The second kappa shape index (κ2) is 9.61. The number of para-hydroxylation sites is 1. The van der Waals surface area contributed by atoms with Crippen LogP contribution in [-0.2, 0) is 18.9 Å². The van der Waals surface area contributed by atoms with E-state index >= 15 is 0 Å². The van der Waals surface area contributed by atoms with Crippen molar-refractivity contribution in [1.29, 1.82) is 0 Å². The average Bonchev–Trinajstić information content (AvgIpc) is 2.71. The Morgan fingerprint density at radius 3 is 2.61 bits per heavy atom. The highest BCUT2D eigenvalue weighted by molar-refractivity contribution is 7.97. The maximum absolute atomic E-state index is 12.9. The first-order valence-electron chi connectivity index (χ1n) is 8.81. The number of hydrogen-bond donors (Lipinski definition) is 1. The number of nitrogens with zero attached hydrogens (tertiary/aromatic N) is 3. The van der Waals surface area contributed by atoms with Gasteiger partial charge in [0.25, 0.3) is 5.56 Å². The van der Waals surface area contributed by atoms with Crippen molar-refractivity contribution in [2.24, 2.45) is 0 Å². The molecular weight excluding hydrogens is 396 g/mol. The number of nitrogens with one attached hydrogen (secondary N) is 1. The van der Waals surface area contributed by atoms with Gasteiger partial charge >= 0.3 is 0 Å². The van der Waals surface area contributed by atoms with Crippen molar-refractivity contribution in [1.82, 2.24) is 14.8 Å². The number of rotatable bonds is 8. The van der Waals surface area contributed by atoms with E-state index in [0.29, 0.717) is 22.6 Å². The van der Waals surface area contributed by atoms with Gasteiger partial charge in [0, 0.05) is 10.7 Å². The van der Waals surface area contributed by atoms with Crippen LogP contribution < -0.4 is 15.6 Å². The predicted octanol–water partition coefficient (Wildman–Crippen LogP) is 4.50. The summed E-state index contributed by atoms with van der Waals surface area (Å²) < 4.78 is 7.23. The van der Waals surface area contributed by atoms with Crippen LogP contribution in [0.1, 0.15) is 18.2 Å². The van der Waals surface area contributed by atoms with Crippen molar-refractivity contribution >= 4 is 35.0 Å². The number of aryl methyl sites for hydroxylation is 1. The van der Waals surface area contributed by atoms with E-state index in [0.717, 1.165) is 17.7 Å². The van der Waals surface area contributed by atoms with Gasteiger partial charge in [0.15, 0.2) is 5.69 Å². The average molecular weight is 417 g/mol. The lowest BCUT2D eigenvalue weighted by Crippen LogP contribution is -2.29. The number of halogens is 1. The van der Waals surface area contributed by atoms with Crippen molar-refractivity contribution in [3.8, 4) is 5.75 Å². The summed E-state index contributed by atoms with van der Waals surface area (Å²) in [5.74, 6) is 1.48. The molecule has 3 rings (SSSR count). The summed E-state index contributed by atoms with van der Waals surface area (Å²) in [6.07, 6.45) is 2.80. The van der Waals surface area contributed by atoms with Crippen LogP contribution >= 0.6 is 23.4 Å². The normalized spacial score (nSPS) is 10.7. The lowest BCUT2D eigenvalue weighted by molar-refractivity contribution is 0.296. The number of ether oxygens (including phenoxy) is 1. The van der Waals surface area contributed by atoms with Gasteiger partial charge in [-0.2, -0.15) is 0 Å². The molecule has 0 saturated carbocycles. The quantitative estimate of drug-likeness (QED) is 0.583. The smallest absolute Gasteiger partial charge is 0.281 e. The molecule has 0 saturated heterocycles. The maximum Gasteiger partial charge on any atom is 0.281 e. The van der Waals surface area contributed by atoms with Gasteiger partial charge < -0.3 is 10.1 Å². The Bertz CT molecular complexity index is 992. The minimum atomic E-state index is -0.227. The van der Waals surface area contributed by atoms with Crippen molar-refractivity contribution < 1.29 is 4.74 Å².